The van der Waals surface area contributed by atoms with Crippen molar-refractivity contribution in [2.45, 2.75) is 142 Å². The van der Waals surface area contributed by atoms with E-state index < -0.39 is 46.5 Å². The van der Waals surface area contributed by atoms with Gasteiger partial charge in [-0.3, -0.25) is 13.4 Å². The second kappa shape index (κ2) is 35.6. The van der Waals surface area contributed by atoms with Crippen LogP contribution in [0.1, 0.15) is 128 Å². The molecular weight excluding hydrogens is 1190 g/mol. The normalized spacial score (nSPS) is 17.6. The number of benzene rings is 2. The molecule has 0 radical (unpaired) electrons. The number of hydrogen-bond acceptors (Lipinski definition) is 16. The van der Waals surface area contributed by atoms with Gasteiger partial charge in [0.1, 0.15) is 22.7 Å². The molecule has 0 atom stereocenters. The Kier molecular flexibility index (Phi) is 36.4. The molecule has 372 valence electrons. The SMILES string of the molecule is CC(C)(C)OC(=O)NC1CCC(OS(C)(=O)=O)CC1.COC(=O)c1cc(Cl)cc(O)c1C.COC(=O)c1cc(Cl)cc(OC2CCC(NC(=O)OC(C)(C)C)CC2)c1C.O=CO[O-].[2H]CF.[Cs+].[Cs+].[H-]. The van der Waals surface area contributed by atoms with Gasteiger partial charge in [-0.1, -0.05) is 23.2 Å². The van der Waals surface area contributed by atoms with Crippen LogP contribution in [0.15, 0.2) is 24.3 Å². The summed E-state index contributed by atoms with van der Waals surface area (Å²) in [6.45, 7) is 14.2. The minimum absolute atomic E-state index is 0. The quantitative estimate of drug-likeness (QED) is 0.0808. The molecule has 0 unspecified atom stereocenters. The summed E-state index contributed by atoms with van der Waals surface area (Å²) in [6, 6.07) is 6.23. The Morgan fingerprint density at radius 1 is 0.776 bits per heavy atom. The Hall–Kier alpha value is -0.526. The summed E-state index contributed by atoms with van der Waals surface area (Å²) in [6.07, 6.45) is 5.77. The number of halogens is 3. The zero-order valence-corrected chi connectivity index (χ0v) is 55.6. The first kappa shape index (κ1) is 68.6. The number of hydrogen-bond donors (Lipinski definition) is 3. The summed E-state index contributed by atoms with van der Waals surface area (Å²) in [4.78, 5) is 57.7. The molecule has 0 saturated heterocycles. The largest absolute Gasteiger partial charge is 1.00 e. The van der Waals surface area contributed by atoms with Gasteiger partial charge in [-0.15, -0.1) is 0 Å². The average molecular weight is 1250 g/mol. The maximum atomic E-state index is 11.9. The fourth-order valence-corrected chi connectivity index (χ4v) is 7.20. The maximum absolute atomic E-state index is 11.9. The zero-order chi connectivity index (χ0) is 51.0. The smallest absolute Gasteiger partial charge is 1.00 e. The molecule has 2 aliphatic carbocycles. The van der Waals surface area contributed by atoms with Crippen molar-refractivity contribution >= 4 is 63.9 Å². The molecule has 2 saturated carbocycles. The molecule has 2 amide bonds. The van der Waals surface area contributed by atoms with Gasteiger partial charge >= 0.3 is 162 Å². The van der Waals surface area contributed by atoms with Gasteiger partial charge in [0.25, 0.3) is 16.6 Å². The number of rotatable bonds is 9. The number of methoxy groups -OCH3 is 2. The molecule has 18 nitrogen and oxygen atoms in total. The molecule has 2 fully saturated rings. The standard InChI is InChI=1S/C20H28ClNO5.C12H23NO5S.C9H9ClO3.CH3F.CH2O3.2Cs.H/c1-12-16(18(23)25-5)10-13(21)11-17(12)26-15-8-6-14(7-9-15)22-19(24)27-20(2,3)4;1-12(2,3)17-11(14)13-9-5-7-10(8-6-9)18-19(4,15)16;1-5-7(9(12)13-2)3-6(10)4-8(5)11;1-2;2-1-4-3;;;/h10-11,14-15H,6-9H2,1-5H3,(H,22,24);9-10H,5-8H2,1-4H3,(H,13,14);3-4,11H,1-2H3;1H3;1,3H;;;/q;;;;;2*+1;-1/p-1/i;;;1D;;;;. The number of phenols is 1. The second-order valence-electron chi connectivity index (χ2n) is 16.5. The van der Waals surface area contributed by atoms with Crippen LogP contribution in [0.25, 0.3) is 0 Å². The Balaban J connectivity index is -0.000000440. The van der Waals surface area contributed by atoms with E-state index in [4.69, 9.17) is 57.8 Å². The van der Waals surface area contributed by atoms with Crippen molar-refractivity contribution in [3.8, 4) is 11.5 Å². The Morgan fingerprint density at radius 3 is 1.48 bits per heavy atom. The van der Waals surface area contributed by atoms with Crippen LogP contribution in [0.3, 0.4) is 0 Å². The van der Waals surface area contributed by atoms with Gasteiger partial charge < -0.3 is 51.0 Å². The first-order chi connectivity index (χ1) is 30.5. The van der Waals surface area contributed by atoms with Gasteiger partial charge in [0, 0.05) is 33.3 Å². The van der Waals surface area contributed by atoms with Crippen LogP contribution in [0.5, 0.6) is 11.5 Å². The summed E-state index contributed by atoms with van der Waals surface area (Å²) in [5.41, 5.74) is 0.844. The fourth-order valence-electron chi connectivity index (χ4n) is 6.09. The van der Waals surface area contributed by atoms with Crippen LogP contribution in [-0.2, 0) is 42.9 Å². The minimum Gasteiger partial charge on any atom is -1.00 e. The van der Waals surface area contributed by atoms with Crippen molar-refractivity contribution in [3.63, 3.8) is 0 Å². The summed E-state index contributed by atoms with van der Waals surface area (Å²) in [5.74, 6) is -0.361. The molecule has 0 spiro atoms. The molecule has 2 aromatic carbocycles. The predicted molar refractivity (Wildman–Crippen MR) is 239 cm³/mol. The van der Waals surface area contributed by atoms with E-state index in [-0.39, 0.29) is 187 Å². The number of nitrogens with one attached hydrogen (secondary N) is 2. The van der Waals surface area contributed by atoms with Crippen LogP contribution in [0.2, 0.25) is 10.0 Å². The van der Waals surface area contributed by atoms with Crippen molar-refractivity contribution in [2.75, 3.05) is 27.6 Å². The average Bonchev–Trinajstić information content (AvgIpc) is 3.20. The minimum atomic E-state index is -3.40. The summed E-state index contributed by atoms with van der Waals surface area (Å²) < 4.78 is 68.3. The molecule has 2 aliphatic rings. The number of phenolic OH excluding ortho intramolecular Hbond substituents is 1. The molecule has 3 N–H and O–H groups in total. The predicted octanol–water partition coefficient (Wildman–Crippen LogP) is 1.73. The van der Waals surface area contributed by atoms with Crippen LogP contribution in [0, 0.1) is 13.8 Å². The molecule has 0 aliphatic heterocycles. The van der Waals surface area contributed by atoms with Crippen molar-refractivity contribution in [1.82, 2.24) is 10.6 Å². The third-order valence-corrected chi connectivity index (χ3v) is 9.97. The van der Waals surface area contributed by atoms with E-state index >= 15 is 0 Å². The number of aromatic hydroxyl groups is 1. The second-order valence-corrected chi connectivity index (χ2v) is 19.0. The number of carbonyl (C=O) groups is 5. The summed E-state index contributed by atoms with van der Waals surface area (Å²) >= 11 is 11.8. The van der Waals surface area contributed by atoms with E-state index in [0.717, 1.165) is 31.9 Å². The summed E-state index contributed by atoms with van der Waals surface area (Å²) in [5, 5.41) is 24.2. The first-order valence-corrected chi connectivity index (χ1v) is 22.7. The number of esters is 2. The third kappa shape index (κ3) is 31.5. The van der Waals surface area contributed by atoms with Crippen molar-refractivity contribution in [3.05, 3.63) is 56.6 Å². The Bertz CT molecular complexity index is 1990. The molecule has 0 aromatic heterocycles. The van der Waals surface area contributed by atoms with Gasteiger partial charge in [0.05, 0.1) is 52.3 Å². The first-order valence-electron chi connectivity index (χ1n) is 20.8. The van der Waals surface area contributed by atoms with Crippen LogP contribution >= 0.6 is 23.2 Å². The van der Waals surface area contributed by atoms with E-state index in [1.54, 1.807) is 19.1 Å². The van der Waals surface area contributed by atoms with Crippen molar-refractivity contribution in [2.24, 2.45) is 0 Å². The van der Waals surface area contributed by atoms with Gasteiger partial charge in [0.2, 0.25) is 0 Å². The number of amides is 2. The van der Waals surface area contributed by atoms with Crippen LogP contribution in [0.4, 0.5) is 14.0 Å². The monoisotopic (exact) mass is 1250 g/mol. The van der Waals surface area contributed by atoms with Crippen molar-refractivity contribution < 1.29 is 220 Å². The van der Waals surface area contributed by atoms with Gasteiger partial charge in [0.15, 0.2) is 0 Å². The van der Waals surface area contributed by atoms with Crippen LogP contribution in [-0.4, -0.2) is 107 Å². The number of alkyl halides is 1. The number of carbonyl (C=O) groups excluding carboxylic acids is 5. The van der Waals surface area contributed by atoms with Gasteiger partial charge in [-0.25, -0.2) is 19.2 Å². The molecule has 0 bridgehead atoms. The molecular formula is C43H65Cl2Cs2FN2O16S. The Labute approximate surface area is 524 Å². The van der Waals surface area contributed by atoms with E-state index in [9.17, 15) is 37.1 Å². The van der Waals surface area contributed by atoms with E-state index in [1.807, 2.05) is 48.5 Å². The molecule has 0 heterocycles. The third-order valence-electron chi connectivity index (χ3n) is 8.91. The molecule has 4 rings (SSSR count). The summed E-state index contributed by atoms with van der Waals surface area (Å²) in [7, 11) is -1.79. The van der Waals surface area contributed by atoms with E-state index in [1.165, 1.54) is 26.4 Å². The maximum Gasteiger partial charge on any atom is 1.00 e. The fraction of sp³-hybridized carbons (Fsp3) is 0.605. The zero-order valence-electron chi connectivity index (χ0n) is 42.7. The number of ether oxygens (including phenoxy) is 5. The Morgan fingerprint density at radius 2 is 1.13 bits per heavy atom. The topological polar surface area (TPSA) is 251 Å². The molecule has 24 heteroatoms. The van der Waals surface area contributed by atoms with Gasteiger partial charge in [-0.05, 0) is 131 Å². The molecule has 67 heavy (non-hydrogen) atoms. The molecule has 2 aromatic rings. The van der Waals surface area contributed by atoms with E-state index in [2.05, 4.69) is 20.3 Å². The van der Waals surface area contributed by atoms with E-state index in [0.29, 0.717) is 58.2 Å². The van der Waals surface area contributed by atoms with Gasteiger partial charge in [-0.2, -0.15) is 8.42 Å². The van der Waals surface area contributed by atoms with Crippen LogP contribution < -0.4 is 158 Å². The number of alkyl carbamates (subject to hydrolysis) is 2. The van der Waals surface area contributed by atoms with Crippen molar-refractivity contribution in [1.29, 1.82) is 0 Å².